The van der Waals surface area contributed by atoms with Crippen molar-refractivity contribution >= 4 is 5.91 Å². The zero-order valence-corrected chi connectivity index (χ0v) is 11.4. The van der Waals surface area contributed by atoms with Crippen molar-refractivity contribution in [3.05, 3.63) is 29.8 Å². The molecule has 2 heterocycles. The van der Waals surface area contributed by atoms with E-state index in [0.29, 0.717) is 19.5 Å². The molecule has 1 N–H and O–H groups in total. The summed E-state index contributed by atoms with van der Waals surface area (Å²) in [7, 11) is 0. The molecule has 1 aromatic heterocycles. The van der Waals surface area contributed by atoms with Crippen molar-refractivity contribution in [3.8, 4) is 0 Å². The molecule has 2 atom stereocenters. The highest BCUT2D eigenvalue weighted by Gasteiger charge is 2.43. The van der Waals surface area contributed by atoms with Crippen LogP contribution >= 0.6 is 0 Å². The van der Waals surface area contributed by atoms with Crippen molar-refractivity contribution < 1.29 is 14.3 Å². The minimum absolute atomic E-state index is 0.161. The molecular weight excluding hydrogens is 259 g/mol. The lowest BCUT2D eigenvalue weighted by molar-refractivity contribution is -0.0886. The number of carbonyl (C=O) groups excluding carboxylic acids is 1. The fourth-order valence-electron chi connectivity index (χ4n) is 3.42. The molecule has 2 fully saturated rings. The molecule has 0 spiro atoms. The van der Waals surface area contributed by atoms with Gasteiger partial charge in [-0.1, -0.05) is 12.8 Å². The first-order valence-electron chi connectivity index (χ1n) is 7.22. The Morgan fingerprint density at radius 1 is 1.40 bits per heavy atom. The summed E-state index contributed by atoms with van der Waals surface area (Å²) >= 11 is 0. The van der Waals surface area contributed by atoms with Gasteiger partial charge in [-0.3, -0.25) is 4.79 Å². The third kappa shape index (κ3) is 2.42. The third-order valence-electron chi connectivity index (χ3n) is 4.66. The lowest BCUT2D eigenvalue weighted by atomic mass is 9.71. The molecule has 1 aliphatic carbocycles. The number of aliphatic hydroxyl groups is 1. The minimum Gasteiger partial charge on any atom is -0.389 e. The Labute approximate surface area is 117 Å². The molecule has 4 nitrogen and oxygen atoms in total. The summed E-state index contributed by atoms with van der Waals surface area (Å²) in [6.45, 7) is 1.12. The van der Waals surface area contributed by atoms with Crippen molar-refractivity contribution in [2.24, 2.45) is 5.92 Å². The van der Waals surface area contributed by atoms with Gasteiger partial charge in [0.25, 0.3) is 5.91 Å². The summed E-state index contributed by atoms with van der Waals surface area (Å²) in [5, 5.41) is 10.6. The maximum Gasteiger partial charge on any atom is 0.272 e. The quantitative estimate of drug-likeness (QED) is 0.854. The van der Waals surface area contributed by atoms with E-state index in [0.717, 1.165) is 31.9 Å². The van der Waals surface area contributed by atoms with E-state index in [1.54, 1.807) is 4.90 Å². The highest BCUT2D eigenvalue weighted by atomic mass is 19.1. The maximum atomic E-state index is 12.8. The number of aromatic nitrogens is 1. The number of hydrogen-bond donors (Lipinski definition) is 1. The molecule has 1 aromatic rings. The number of rotatable bonds is 1. The molecule has 2 aliphatic rings. The summed E-state index contributed by atoms with van der Waals surface area (Å²) in [4.78, 5) is 17.9. The standard InChI is InChI=1S/C15H19FN2O2/c16-12-4-5-13(17-9-12)14(19)18-8-7-15(20)6-2-1-3-11(15)10-18/h4-5,9,11,20H,1-3,6-8,10H2. The summed E-state index contributed by atoms with van der Waals surface area (Å²) in [5.41, 5.74) is -0.321. The van der Waals surface area contributed by atoms with E-state index in [9.17, 15) is 14.3 Å². The van der Waals surface area contributed by atoms with Crippen molar-refractivity contribution in [2.45, 2.75) is 37.7 Å². The molecule has 5 heteroatoms. The van der Waals surface area contributed by atoms with Crippen LogP contribution in [-0.4, -0.2) is 39.6 Å². The number of pyridine rings is 1. The zero-order valence-electron chi connectivity index (χ0n) is 11.4. The number of halogens is 1. The van der Waals surface area contributed by atoms with E-state index in [4.69, 9.17) is 0 Å². The average molecular weight is 278 g/mol. The van der Waals surface area contributed by atoms with Crippen molar-refractivity contribution in [2.75, 3.05) is 13.1 Å². The number of likely N-dealkylation sites (tertiary alicyclic amines) is 1. The van der Waals surface area contributed by atoms with Crippen molar-refractivity contribution in [1.82, 2.24) is 9.88 Å². The topological polar surface area (TPSA) is 53.4 Å². The van der Waals surface area contributed by atoms with Crippen LogP contribution in [0.4, 0.5) is 4.39 Å². The SMILES string of the molecule is O=C(c1ccc(F)cn1)N1CCC2(O)CCCCC2C1. The van der Waals surface area contributed by atoms with Gasteiger partial charge >= 0.3 is 0 Å². The van der Waals surface area contributed by atoms with Gasteiger partial charge in [0.1, 0.15) is 11.5 Å². The minimum atomic E-state index is -0.592. The first kappa shape index (κ1) is 13.5. The van der Waals surface area contributed by atoms with Gasteiger partial charge in [-0.25, -0.2) is 9.37 Å². The Balaban J connectivity index is 1.72. The van der Waals surface area contributed by atoms with Crippen LogP contribution < -0.4 is 0 Å². The van der Waals surface area contributed by atoms with E-state index in [1.165, 1.54) is 12.1 Å². The Kier molecular flexibility index (Phi) is 3.46. The molecule has 108 valence electrons. The monoisotopic (exact) mass is 278 g/mol. The smallest absolute Gasteiger partial charge is 0.272 e. The van der Waals surface area contributed by atoms with Crippen molar-refractivity contribution in [1.29, 1.82) is 0 Å². The van der Waals surface area contributed by atoms with Gasteiger partial charge < -0.3 is 10.0 Å². The van der Waals surface area contributed by atoms with Crippen LogP contribution in [0.2, 0.25) is 0 Å². The second-order valence-corrected chi connectivity index (χ2v) is 5.91. The van der Waals surface area contributed by atoms with Crippen LogP contribution in [0.1, 0.15) is 42.6 Å². The van der Waals surface area contributed by atoms with Crippen LogP contribution in [0.15, 0.2) is 18.3 Å². The molecule has 3 rings (SSSR count). The Morgan fingerprint density at radius 2 is 2.25 bits per heavy atom. The van der Waals surface area contributed by atoms with E-state index in [-0.39, 0.29) is 17.5 Å². The molecule has 1 saturated carbocycles. The highest BCUT2D eigenvalue weighted by Crippen LogP contribution is 2.39. The van der Waals surface area contributed by atoms with Crippen LogP contribution in [0.5, 0.6) is 0 Å². The third-order valence-corrected chi connectivity index (χ3v) is 4.66. The number of hydrogen-bond acceptors (Lipinski definition) is 3. The second-order valence-electron chi connectivity index (χ2n) is 5.91. The summed E-state index contributed by atoms with van der Waals surface area (Å²) in [6, 6.07) is 2.67. The van der Waals surface area contributed by atoms with E-state index >= 15 is 0 Å². The van der Waals surface area contributed by atoms with E-state index in [1.807, 2.05) is 0 Å². The van der Waals surface area contributed by atoms with E-state index < -0.39 is 11.4 Å². The van der Waals surface area contributed by atoms with Crippen LogP contribution in [0, 0.1) is 11.7 Å². The van der Waals surface area contributed by atoms with Gasteiger partial charge in [0, 0.05) is 19.0 Å². The van der Waals surface area contributed by atoms with Crippen LogP contribution in [-0.2, 0) is 0 Å². The highest BCUT2D eigenvalue weighted by molar-refractivity contribution is 5.92. The van der Waals surface area contributed by atoms with Gasteiger partial charge in [0.2, 0.25) is 0 Å². The predicted molar refractivity (Wildman–Crippen MR) is 71.6 cm³/mol. The molecule has 1 saturated heterocycles. The lowest BCUT2D eigenvalue weighted by Crippen LogP contribution is -2.54. The second kappa shape index (κ2) is 5.13. The predicted octanol–water partition coefficient (Wildman–Crippen LogP) is 1.99. The number of fused-ring (bicyclic) bond motifs is 1. The van der Waals surface area contributed by atoms with Gasteiger partial charge in [-0.05, 0) is 31.4 Å². The summed E-state index contributed by atoms with van der Waals surface area (Å²) < 4.78 is 12.8. The number of nitrogens with zero attached hydrogens (tertiary/aromatic N) is 2. The normalized spacial score (nSPS) is 29.9. The number of amides is 1. The fourth-order valence-corrected chi connectivity index (χ4v) is 3.42. The number of carbonyl (C=O) groups is 1. The zero-order chi connectivity index (χ0) is 14.2. The molecule has 1 aliphatic heterocycles. The lowest BCUT2D eigenvalue weighted by Gasteiger charge is -2.47. The van der Waals surface area contributed by atoms with E-state index in [2.05, 4.69) is 4.98 Å². The molecule has 0 aromatic carbocycles. The molecule has 0 radical (unpaired) electrons. The Morgan fingerprint density at radius 3 is 3.00 bits per heavy atom. The van der Waals surface area contributed by atoms with Gasteiger partial charge in [0.15, 0.2) is 0 Å². The Bertz CT molecular complexity index is 505. The largest absolute Gasteiger partial charge is 0.389 e. The summed E-state index contributed by atoms with van der Waals surface area (Å²) in [6.07, 6.45) is 5.69. The first-order valence-corrected chi connectivity index (χ1v) is 7.22. The molecule has 2 unspecified atom stereocenters. The van der Waals surface area contributed by atoms with Crippen LogP contribution in [0.3, 0.4) is 0 Å². The molecule has 1 amide bonds. The molecule has 0 bridgehead atoms. The van der Waals surface area contributed by atoms with Crippen molar-refractivity contribution in [3.63, 3.8) is 0 Å². The Hall–Kier alpha value is -1.49. The average Bonchev–Trinajstić information content (AvgIpc) is 2.46. The maximum absolute atomic E-state index is 12.8. The first-order chi connectivity index (χ1) is 9.58. The molecule has 20 heavy (non-hydrogen) atoms. The summed E-state index contributed by atoms with van der Waals surface area (Å²) in [5.74, 6) is -0.450. The van der Waals surface area contributed by atoms with Gasteiger partial charge in [-0.2, -0.15) is 0 Å². The number of piperidine rings is 1. The fraction of sp³-hybridized carbons (Fsp3) is 0.600. The van der Waals surface area contributed by atoms with Gasteiger partial charge in [0.05, 0.1) is 11.8 Å². The van der Waals surface area contributed by atoms with Gasteiger partial charge in [-0.15, -0.1) is 0 Å². The molecular formula is C15H19FN2O2. The van der Waals surface area contributed by atoms with Crippen LogP contribution in [0.25, 0.3) is 0 Å².